The summed E-state index contributed by atoms with van der Waals surface area (Å²) in [4.78, 5) is 8.46. The molecule has 1 unspecified atom stereocenters. The van der Waals surface area contributed by atoms with Crippen molar-refractivity contribution in [3.05, 3.63) is 54.1 Å². The van der Waals surface area contributed by atoms with E-state index < -0.39 is 5.79 Å². The summed E-state index contributed by atoms with van der Waals surface area (Å²) in [6, 6.07) is 3.68. The van der Waals surface area contributed by atoms with Gasteiger partial charge in [-0.1, -0.05) is 6.07 Å². The number of nitrogens with zero attached hydrogens (tertiary/aromatic N) is 3. The van der Waals surface area contributed by atoms with Gasteiger partial charge in [0.25, 0.3) is 0 Å². The van der Waals surface area contributed by atoms with Gasteiger partial charge in [0.1, 0.15) is 0 Å². The highest BCUT2D eigenvalue weighted by Gasteiger charge is 2.37. The van der Waals surface area contributed by atoms with E-state index in [0.717, 1.165) is 5.56 Å². The Balaban J connectivity index is 2.03. The number of rotatable bonds is 1. The number of hydrogen-bond acceptors (Lipinski definition) is 6. The Kier molecular flexibility index (Phi) is 2.01. The van der Waals surface area contributed by atoms with Crippen LogP contribution in [-0.4, -0.2) is 15.8 Å². The van der Waals surface area contributed by atoms with Crippen molar-refractivity contribution in [1.29, 1.82) is 0 Å². The van der Waals surface area contributed by atoms with Gasteiger partial charge < -0.3 is 5.73 Å². The van der Waals surface area contributed by atoms with Gasteiger partial charge in [0.2, 0.25) is 5.79 Å². The first-order valence-electron chi connectivity index (χ1n) is 5.20. The fourth-order valence-electron chi connectivity index (χ4n) is 1.82. The van der Waals surface area contributed by atoms with Gasteiger partial charge in [0.05, 0.1) is 5.70 Å². The topological polar surface area (TPSA) is 92.6 Å². The van der Waals surface area contributed by atoms with Gasteiger partial charge in [0.15, 0.2) is 5.84 Å². The first kappa shape index (κ1) is 10.0. The summed E-state index contributed by atoms with van der Waals surface area (Å²) in [5.74, 6) is -0.393. The molecule has 0 saturated heterocycles. The highest BCUT2D eigenvalue weighted by Crippen LogP contribution is 2.24. The van der Waals surface area contributed by atoms with E-state index in [9.17, 15) is 0 Å². The fourth-order valence-corrected chi connectivity index (χ4v) is 1.82. The van der Waals surface area contributed by atoms with Gasteiger partial charge in [-0.05, 0) is 18.2 Å². The second kappa shape index (κ2) is 3.41. The Hall–Kier alpha value is -2.18. The molecule has 0 aromatic carbocycles. The van der Waals surface area contributed by atoms with Crippen molar-refractivity contribution in [2.24, 2.45) is 16.5 Å². The van der Waals surface area contributed by atoms with Crippen molar-refractivity contribution >= 4 is 5.84 Å². The number of fused-ring (bicyclic) bond motifs is 1. The maximum Gasteiger partial charge on any atom is 0.209 e. The lowest BCUT2D eigenvalue weighted by atomic mass is 10.2. The van der Waals surface area contributed by atoms with Crippen molar-refractivity contribution < 1.29 is 0 Å². The third-order valence-electron chi connectivity index (χ3n) is 2.67. The van der Waals surface area contributed by atoms with Crippen LogP contribution in [0.3, 0.4) is 0 Å². The fraction of sp³-hybridized carbons (Fsp3) is 0.0909. The molecule has 0 radical (unpaired) electrons. The SMILES string of the molecule is NC1=CC=CN2NC(N)(c3cccnc3)N=C12. The number of nitrogens with one attached hydrogen (secondary N) is 1. The lowest BCUT2D eigenvalue weighted by Gasteiger charge is -2.24. The molecule has 6 nitrogen and oxygen atoms in total. The van der Waals surface area contributed by atoms with Gasteiger partial charge in [-0.2, -0.15) is 5.43 Å². The minimum absolute atomic E-state index is 0.580. The Labute approximate surface area is 98.3 Å². The Bertz CT molecular complexity index is 532. The molecule has 17 heavy (non-hydrogen) atoms. The van der Waals surface area contributed by atoms with Crippen molar-refractivity contribution in [2.75, 3.05) is 0 Å². The first-order chi connectivity index (χ1) is 8.19. The number of allylic oxidation sites excluding steroid dienone is 2. The van der Waals surface area contributed by atoms with Gasteiger partial charge >= 0.3 is 0 Å². The lowest BCUT2D eigenvalue weighted by Crippen LogP contribution is -2.50. The van der Waals surface area contributed by atoms with E-state index in [1.165, 1.54) is 0 Å². The molecule has 3 rings (SSSR count). The molecule has 1 aromatic heterocycles. The number of pyridine rings is 1. The summed E-state index contributed by atoms with van der Waals surface area (Å²) in [7, 11) is 0. The molecule has 2 aliphatic rings. The molecule has 0 fully saturated rings. The largest absolute Gasteiger partial charge is 0.396 e. The zero-order valence-corrected chi connectivity index (χ0v) is 9.04. The van der Waals surface area contributed by atoms with Crippen LogP contribution in [0.5, 0.6) is 0 Å². The number of hydrazine groups is 1. The summed E-state index contributed by atoms with van der Waals surface area (Å²) in [6.45, 7) is 0. The van der Waals surface area contributed by atoms with Gasteiger partial charge in [-0.15, -0.1) is 0 Å². The Morgan fingerprint density at radius 3 is 3.00 bits per heavy atom. The average Bonchev–Trinajstić information content (AvgIpc) is 2.70. The highest BCUT2D eigenvalue weighted by atomic mass is 15.6. The normalized spacial score (nSPS) is 26.5. The molecule has 6 heteroatoms. The van der Waals surface area contributed by atoms with E-state index in [0.29, 0.717) is 11.5 Å². The van der Waals surface area contributed by atoms with E-state index >= 15 is 0 Å². The third kappa shape index (κ3) is 1.50. The van der Waals surface area contributed by atoms with Crippen LogP contribution in [0.25, 0.3) is 0 Å². The van der Waals surface area contributed by atoms with Crippen LogP contribution in [0.15, 0.2) is 53.6 Å². The standard InChI is InChI=1S/C11H12N6/c12-9-4-2-6-17-10(9)15-11(13,16-17)8-3-1-5-14-7-8/h1-7,16H,12-13H2. The number of nitrogens with two attached hydrogens (primary N) is 2. The molecule has 3 heterocycles. The number of amidine groups is 1. The summed E-state index contributed by atoms with van der Waals surface area (Å²) >= 11 is 0. The van der Waals surface area contributed by atoms with Crippen LogP contribution in [0.2, 0.25) is 0 Å². The van der Waals surface area contributed by atoms with Crippen molar-refractivity contribution in [2.45, 2.75) is 5.79 Å². The quantitative estimate of drug-likeness (QED) is 0.616. The predicted molar refractivity (Wildman–Crippen MR) is 63.9 cm³/mol. The van der Waals surface area contributed by atoms with Gasteiger partial charge in [-0.3, -0.25) is 15.7 Å². The van der Waals surface area contributed by atoms with E-state index in [1.807, 2.05) is 24.4 Å². The summed E-state index contributed by atoms with van der Waals surface area (Å²) in [5, 5.41) is 1.71. The lowest BCUT2D eigenvalue weighted by molar-refractivity contribution is 0.273. The van der Waals surface area contributed by atoms with Gasteiger partial charge in [0, 0.05) is 24.2 Å². The molecule has 86 valence electrons. The molecule has 1 aromatic rings. The van der Waals surface area contributed by atoms with Crippen molar-refractivity contribution in [3.8, 4) is 0 Å². The Morgan fingerprint density at radius 2 is 2.29 bits per heavy atom. The molecular formula is C11H12N6. The second-order valence-corrected chi connectivity index (χ2v) is 3.89. The highest BCUT2D eigenvalue weighted by molar-refractivity contribution is 6.00. The molecule has 0 aliphatic carbocycles. The molecule has 5 N–H and O–H groups in total. The Morgan fingerprint density at radius 1 is 1.41 bits per heavy atom. The van der Waals surface area contributed by atoms with Gasteiger partial charge in [-0.25, -0.2) is 4.99 Å². The zero-order valence-electron chi connectivity index (χ0n) is 9.04. The average molecular weight is 228 g/mol. The summed E-state index contributed by atoms with van der Waals surface area (Å²) in [5.41, 5.74) is 16.5. The molecule has 0 amide bonds. The van der Waals surface area contributed by atoms with E-state index in [-0.39, 0.29) is 0 Å². The molecular weight excluding hydrogens is 216 g/mol. The number of hydrogen-bond donors (Lipinski definition) is 3. The molecule has 2 aliphatic heterocycles. The molecule has 0 spiro atoms. The van der Waals surface area contributed by atoms with Crippen LogP contribution >= 0.6 is 0 Å². The summed E-state index contributed by atoms with van der Waals surface area (Å²) < 4.78 is 0. The van der Waals surface area contributed by atoms with Crippen LogP contribution < -0.4 is 16.9 Å². The van der Waals surface area contributed by atoms with E-state index in [4.69, 9.17) is 11.5 Å². The van der Waals surface area contributed by atoms with Crippen molar-refractivity contribution in [1.82, 2.24) is 15.4 Å². The van der Waals surface area contributed by atoms with E-state index in [2.05, 4.69) is 15.4 Å². The minimum atomic E-state index is -1.02. The minimum Gasteiger partial charge on any atom is -0.396 e. The predicted octanol–water partition coefficient (Wildman–Crippen LogP) is -0.261. The van der Waals surface area contributed by atoms with Crippen LogP contribution in [0.4, 0.5) is 0 Å². The van der Waals surface area contributed by atoms with E-state index in [1.54, 1.807) is 23.5 Å². The monoisotopic (exact) mass is 228 g/mol. The molecule has 0 saturated carbocycles. The third-order valence-corrected chi connectivity index (χ3v) is 2.67. The molecule has 0 bridgehead atoms. The van der Waals surface area contributed by atoms with Crippen LogP contribution in [0.1, 0.15) is 5.56 Å². The van der Waals surface area contributed by atoms with Crippen LogP contribution in [0, 0.1) is 0 Å². The number of aliphatic imine (C=N–C) groups is 1. The maximum absolute atomic E-state index is 6.21. The summed E-state index contributed by atoms with van der Waals surface area (Å²) in [6.07, 6.45) is 8.80. The first-order valence-corrected chi connectivity index (χ1v) is 5.20. The smallest absolute Gasteiger partial charge is 0.209 e. The zero-order chi connectivity index (χ0) is 11.9. The second-order valence-electron chi connectivity index (χ2n) is 3.89. The maximum atomic E-state index is 6.21. The molecule has 1 atom stereocenters. The number of aromatic nitrogens is 1. The van der Waals surface area contributed by atoms with Crippen LogP contribution in [-0.2, 0) is 5.79 Å². The van der Waals surface area contributed by atoms with Crippen molar-refractivity contribution in [3.63, 3.8) is 0 Å².